The van der Waals surface area contributed by atoms with Crippen LogP contribution in [0.15, 0.2) is 53.4 Å². The second-order valence-corrected chi connectivity index (χ2v) is 5.93. The molecule has 0 aliphatic carbocycles. The molecule has 100 valence electrons. The lowest BCUT2D eigenvalue weighted by molar-refractivity contribution is 0.342. The van der Waals surface area contributed by atoms with E-state index in [9.17, 15) is 4.21 Å². The van der Waals surface area contributed by atoms with Crippen LogP contribution in [0.25, 0.3) is 0 Å². The Morgan fingerprint density at radius 1 is 1.16 bits per heavy atom. The zero-order valence-electron chi connectivity index (χ0n) is 10.2. The van der Waals surface area contributed by atoms with Crippen LogP contribution in [0.1, 0.15) is 0 Å². The van der Waals surface area contributed by atoms with Crippen molar-refractivity contribution in [1.82, 2.24) is 0 Å². The van der Waals surface area contributed by atoms with Crippen molar-refractivity contribution >= 4 is 28.1 Å². The van der Waals surface area contributed by atoms with E-state index in [1.807, 2.05) is 0 Å². The van der Waals surface area contributed by atoms with Crippen LogP contribution >= 0.6 is 11.6 Å². The van der Waals surface area contributed by atoms with Gasteiger partial charge in [0.05, 0.1) is 16.6 Å². The van der Waals surface area contributed by atoms with Gasteiger partial charge in [-0.3, -0.25) is 4.21 Å². The first kappa shape index (κ1) is 13.9. The van der Waals surface area contributed by atoms with Gasteiger partial charge in [0.25, 0.3) is 0 Å². The second-order valence-electron chi connectivity index (χ2n) is 3.92. The van der Waals surface area contributed by atoms with Gasteiger partial charge in [-0.05, 0) is 42.5 Å². The number of hydrogen-bond acceptors (Lipinski definition) is 3. The highest BCUT2D eigenvalue weighted by Gasteiger charge is 2.04. The van der Waals surface area contributed by atoms with Crippen LogP contribution in [0.3, 0.4) is 0 Å². The lowest BCUT2D eigenvalue weighted by Gasteiger charge is -2.06. The summed E-state index contributed by atoms with van der Waals surface area (Å²) in [6.07, 6.45) is 0. The van der Waals surface area contributed by atoms with E-state index in [2.05, 4.69) is 0 Å². The lowest BCUT2D eigenvalue weighted by Crippen LogP contribution is -2.08. The fourth-order valence-corrected chi connectivity index (χ4v) is 2.74. The summed E-state index contributed by atoms with van der Waals surface area (Å²) in [6, 6.07) is 14.2. The Kier molecular flexibility index (Phi) is 4.82. The molecule has 1 atom stereocenters. The number of nitrogen functional groups attached to an aromatic ring is 1. The third kappa shape index (κ3) is 4.26. The summed E-state index contributed by atoms with van der Waals surface area (Å²) >= 11 is 5.86. The molecule has 0 aliphatic rings. The molecular formula is C14H14ClNO2S. The summed E-state index contributed by atoms with van der Waals surface area (Å²) < 4.78 is 17.5. The quantitative estimate of drug-likeness (QED) is 0.862. The van der Waals surface area contributed by atoms with Crippen LogP contribution in [-0.2, 0) is 10.8 Å². The predicted molar refractivity (Wildman–Crippen MR) is 79.1 cm³/mol. The predicted octanol–water partition coefficient (Wildman–Crippen LogP) is 3.11. The molecule has 0 amide bonds. The third-order valence-corrected chi connectivity index (χ3v) is 4.03. The van der Waals surface area contributed by atoms with Crippen LogP contribution in [0.4, 0.5) is 5.69 Å². The number of rotatable bonds is 5. The van der Waals surface area contributed by atoms with Gasteiger partial charge in [-0.25, -0.2) is 0 Å². The number of hydrogen-bond donors (Lipinski definition) is 1. The van der Waals surface area contributed by atoms with Gasteiger partial charge < -0.3 is 10.5 Å². The van der Waals surface area contributed by atoms with E-state index >= 15 is 0 Å². The molecule has 0 aromatic heterocycles. The molecule has 5 heteroatoms. The molecule has 0 radical (unpaired) electrons. The van der Waals surface area contributed by atoms with E-state index in [0.29, 0.717) is 28.0 Å². The SMILES string of the molecule is Nc1ccc(OCCS(=O)c2cccc(Cl)c2)cc1. The number of benzene rings is 2. The van der Waals surface area contributed by atoms with E-state index in [1.165, 1.54) is 0 Å². The minimum atomic E-state index is -1.11. The van der Waals surface area contributed by atoms with E-state index < -0.39 is 10.8 Å². The van der Waals surface area contributed by atoms with Gasteiger partial charge in [-0.2, -0.15) is 0 Å². The topological polar surface area (TPSA) is 52.3 Å². The zero-order chi connectivity index (χ0) is 13.7. The molecule has 0 aliphatic heterocycles. The summed E-state index contributed by atoms with van der Waals surface area (Å²) in [5.74, 6) is 1.14. The Balaban J connectivity index is 1.86. The molecule has 0 saturated heterocycles. The summed E-state index contributed by atoms with van der Waals surface area (Å²) in [4.78, 5) is 0.716. The Morgan fingerprint density at radius 2 is 1.89 bits per heavy atom. The van der Waals surface area contributed by atoms with Gasteiger partial charge >= 0.3 is 0 Å². The van der Waals surface area contributed by atoms with Gasteiger partial charge in [-0.15, -0.1) is 0 Å². The molecule has 2 aromatic carbocycles. The highest BCUT2D eigenvalue weighted by molar-refractivity contribution is 7.85. The molecule has 2 rings (SSSR count). The largest absolute Gasteiger partial charge is 0.493 e. The van der Waals surface area contributed by atoms with Crippen LogP contribution < -0.4 is 10.5 Å². The maximum absolute atomic E-state index is 12.0. The smallest absolute Gasteiger partial charge is 0.119 e. The number of halogens is 1. The van der Waals surface area contributed by atoms with E-state index in [-0.39, 0.29) is 0 Å². The van der Waals surface area contributed by atoms with Crippen molar-refractivity contribution in [3.63, 3.8) is 0 Å². The van der Waals surface area contributed by atoms with Crippen molar-refractivity contribution in [2.45, 2.75) is 4.90 Å². The molecule has 1 unspecified atom stereocenters. The highest BCUT2D eigenvalue weighted by Crippen LogP contribution is 2.15. The van der Waals surface area contributed by atoms with Crippen LogP contribution in [0, 0.1) is 0 Å². The summed E-state index contributed by atoms with van der Waals surface area (Å²) in [5, 5.41) is 0.588. The van der Waals surface area contributed by atoms with Gasteiger partial charge in [0, 0.05) is 15.6 Å². The summed E-state index contributed by atoms with van der Waals surface area (Å²) in [6.45, 7) is 0.378. The van der Waals surface area contributed by atoms with Crippen LogP contribution in [-0.4, -0.2) is 16.6 Å². The van der Waals surface area contributed by atoms with Crippen molar-refractivity contribution in [2.24, 2.45) is 0 Å². The fourth-order valence-electron chi connectivity index (χ4n) is 1.53. The Labute approximate surface area is 119 Å². The fraction of sp³-hybridized carbons (Fsp3) is 0.143. The molecule has 0 saturated carbocycles. The number of nitrogens with two attached hydrogens (primary N) is 1. The molecule has 0 bridgehead atoms. The standard InChI is InChI=1S/C14H14ClNO2S/c15-11-2-1-3-14(10-11)19(17)9-8-18-13-6-4-12(16)5-7-13/h1-7,10H,8-9,16H2. The maximum atomic E-state index is 12.0. The Bertz CT molecular complexity index is 572. The van der Waals surface area contributed by atoms with Crippen LogP contribution in [0.5, 0.6) is 5.75 Å². The average Bonchev–Trinajstić information content (AvgIpc) is 2.41. The first-order chi connectivity index (χ1) is 9.15. The second kappa shape index (κ2) is 6.59. The molecule has 0 heterocycles. The Morgan fingerprint density at radius 3 is 2.58 bits per heavy atom. The molecule has 2 N–H and O–H groups in total. The average molecular weight is 296 g/mol. The van der Waals surface area contributed by atoms with Crippen LogP contribution in [0.2, 0.25) is 5.02 Å². The van der Waals surface area contributed by atoms with Gasteiger partial charge in [-0.1, -0.05) is 17.7 Å². The molecule has 3 nitrogen and oxygen atoms in total. The monoisotopic (exact) mass is 295 g/mol. The minimum absolute atomic E-state index is 0.378. The first-order valence-corrected chi connectivity index (χ1v) is 7.47. The summed E-state index contributed by atoms with van der Waals surface area (Å²) in [7, 11) is -1.11. The zero-order valence-corrected chi connectivity index (χ0v) is 11.8. The van der Waals surface area contributed by atoms with Crippen molar-refractivity contribution < 1.29 is 8.95 Å². The number of anilines is 1. The minimum Gasteiger partial charge on any atom is -0.493 e. The first-order valence-electron chi connectivity index (χ1n) is 5.77. The molecular weight excluding hydrogens is 282 g/mol. The molecule has 19 heavy (non-hydrogen) atoms. The highest BCUT2D eigenvalue weighted by atomic mass is 35.5. The van der Waals surface area contributed by atoms with Crippen molar-refractivity contribution in [3.8, 4) is 5.75 Å². The van der Waals surface area contributed by atoms with E-state index in [1.54, 1.807) is 48.5 Å². The van der Waals surface area contributed by atoms with E-state index in [0.717, 1.165) is 5.75 Å². The van der Waals surface area contributed by atoms with Crippen molar-refractivity contribution in [3.05, 3.63) is 53.6 Å². The Hall–Kier alpha value is -1.52. The molecule has 0 fully saturated rings. The summed E-state index contributed by atoms with van der Waals surface area (Å²) in [5.41, 5.74) is 6.27. The van der Waals surface area contributed by atoms with Crippen molar-refractivity contribution in [2.75, 3.05) is 18.1 Å². The molecule has 2 aromatic rings. The maximum Gasteiger partial charge on any atom is 0.119 e. The van der Waals surface area contributed by atoms with Crippen molar-refractivity contribution in [1.29, 1.82) is 0 Å². The number of ether oxygens (including phenoxy) is 1. The van der Waals surface area contributed by atoms with E-state index in [4.69, 9.17) is 22.1 Å². The lowest BCUT2D eigenvalue weighted by atomic mass is 10.3. The van der Waals surface area contributed by atoms with Gasteiger partial charge in [0.1, 0.15) is 12.4 Å². The normalized spacial score (nSPS) is 12.1. The third-order valence-electron chi connectivity index (χ3n) is 2.48. The van der Waals surface area contributed by atoms with Gasteiger partial charge in [0.2, 0.25) is 0 Å². The molecule has 0 spiro atoms. The van der Waals surface area contributed by atoms with Gasteiger partial charge in [0.15, 0.2) is 0 Å².